The van der Waals surface area contributed by atoms with Crippen molar-refractivity contribution in [2.45, 2.75) is 20.4 Å². The number of carbonyl (C=O) groups excluding carboxylic acids is 2. The molecule has 0 saturated carbocycles. The van der Waals surface area contributed by atoms with Crippen LogP contribution in [0.3, 0.4) is 0 Å². The summed E-state index contributed by atoms with van der Waals surface area (Å²) in [4.78, 5) is 26.7. The number of amides is 1. The maximum absolute atomic E-state index is 13.1. The molecule has 0 radical (unpaired) electrons. The van der Waals surface area contributed by atoms with Crippen molar-refractivity contribution in [1.29, 1.82) is 0 Å². The van der Waals surface area contributed by atoms with Crippen molar-refractivity contribution >= 4 is 11.9 Å². The van der Waals surface area contributed by atoms with Gasteiger partial charge in [0.1, 0.15) is 0 Å². The minimum Gasteiger partial charge on any atom is -0.469 e. The lowest BCUT2D eigenvalue weighted by Gasteiger charge is -2.25. The van der Waals surface area contributed by atoms with Crippen LogP contribution in [0.4, 0.5) is 0 Å². The van der Waals surface area contributed by atoms with Crippen LogP contribution in [-0.4, -0.2) is 37.2 Å². The zero-order valence-electron chi connectivity index (χ0n) is 15.7. The Kier molecular flexibility index (Phi) is 5.64. The van der Waals surface area contributed by atoms with Crippen LogP contribution in [0, 0.1) is 12.8 Å². The maximum Gasteiger partial charge on any atom is 0.310 e. The van der Waals surface area contributed by atoms with E-state index in [1.54, 1.807) is 30.0 Å². The average Bonchev–Trinajstić information content (AvgIpc) is 3.15. The Hall–Kier alpha value is -3.02. The van der Waals surface area contributed by atoms with Crippen molar-refractivity contribution < 1.29 is 23.8 Å². The minimum atomic E-state index is -0.432. The van der Waals surface area contributed by atoms with Crippen LogP contribution in [0.2, 0.25) is 0 Å². The molecule has 27 heavy (non-hydrogen) atoms. The van der Waals surface area contributed by atoms with E-state index in [9.17, 15) is 9.59 Å². The van der Waals surface area contributed by atoms with Crippen LogP contribution >= 0.6 is 0 Å². The molecule has 1 heterocycles. The first kappa shape index (κ1) is 18.8. The number of fused-ring (bicyclic) bond motifs is 1. The summed E-state index contributed by atoms with van der Waals surface area (Å²) in [5, 5.41) is 0. The van der Waals surface area contributed by atoms with Crippen LogP contribution in [0.15, 0.2) is 42.5 Å². The largest absolute Gasteiger partial charge is 0.469 e. The topological polar surface area (TPSA) is 65.1 Å². The summed E-state index contributed by atoms with van der Waals surface area (Å²) in [6.45, 7) is 4.57. The van der Waals surface area contributed by atoms with E-state index < -0.39 is 5.92 Å². The summed E-state index contributed by atoms with van der Waals surface area (Å²) in [5.74, 6) is 0.224. The van der Waals surface area contributed by atoms with Gasteiger partial charge < -0.3 is 19.1 Å². The predicted molar refractivity (Wildman–Crippen MR) is 99.7 cm³/mol. The Balaban J connectivity index is 1.84. The van der Waals surface area contributed by atoms with Crippen molar-refractivity contribution in [3.05, 3.63) is 59.2 Å². The summed E-state index contributed by atoms with van der Waals surface area (Å²) in [6.07, 6.45) is 0. The number of hydrogen-bond donors (Lipinski definition) is 0. The van der Waals surface area contributed by atoms with Crippen LogP contribution in [0.5, 0.6) is 11.5 Å². The summed E-state index contributed by atoms with van der Waals surface area (Å²) in [7, 11) is 1.35. The van der Waals surface area contributed by atoms with E-state index in [-0.39, 0.29) is 25.2 Å². The first-order chi connectivity index (χ1) is 13.0. The molecule has 1 aliphatic heterocycles. The van der Waals surface area contributed by atoms with Crippen molar-refractivity contribution in [3.8, 4) is 11.5 Å². The molecule has 0 fully saturated rings. The summed E-state index contributed by atoms with van der Waals surface area (Å²) in [5.41, 5.74) is 2.63. The zero-order chi connectivity index (χ0) is 19.4. The number of rotatable bonds is 6. The van der Waals surface area contributed by atoms with Gasteiger partial charge in [-0.25, -0.2) is 0 Å². The summed E-state index contributed by atoms with van der Waals surface area (Å²) < 4.78 is 15.5. The second-order valence-electron chi connectivity index (χ2n) is 6.66. The van der Waals surface area contributed by atoms with Crippen molar-refractivity contribution in [2.24, 2.45) is 5.92 Å². The van der Waals surface area contributed by atoms with Gasteiger partial charge in [0.15, 0.2) is 11.5 Å². The fraction of sp³-hybridized carbons (Fsp3) is 0.333. The van der Waals surface area contributed by atoms with E-state index >= 15 is 0 Å². The first-order valence-electron chi connectivity index (χ1n) is 8.80. The monoisotopic (exact) mass is 369 g/mol. The lowest BCUT2D eigenvalue weighted by Crippen LogP contribution is -2.36. The molecule has 2 aromatic carbocycles. The molecule has 0 N–H and O–H groups in total. The third kappa shape index (κ3) is 4.39. The van der Waals surface area contributed by atoms with Crippen molar-refractivity contribution in [3.63, 3.8) is 0 Å². The highest BCUT2D eigenvalue weighted by Crippen LogP contribution is 2.33. The third-order valence-corrected chi connectivity index (χ3v) is 4.50. The van der Waals surface area contributed by atoms with E-state index in [0.29, 0.717) is 23.6 Å². The zero-order valence-corrected chi connectivity index (χ0v) is 15.7. The van der Waals surface area contributed by atoms with Gasteiger partial charge in [0.2, 0.25) is 6.79 Å². The molecule has 6 nitrogen and oxygen atoms in total. The Morgan fingerprint density at radius 1 is 1.11 bits per heavy atom. The number of hydrogen-bond acceptors (Lipinski definition) is 5. The molecule has 1 unspecified atom stereocenters. The molecular formula is C21H23NO5. The van der Waals surface area contributed by atoms with E-state index in [1.807, 2.05) is 31.2 Å². The Morgan fingerprint density at radius 3 is 2.52 bits per heavy atom. The molecule has 0 saturated heterocycles. The molecular weight excluding hydrogens is 346 g/mol. The van der Waals surface area contributed by atoms with E-state index in [4.69, 9.17) is 14.2 Å². The second-order valence-corrected chi connectivity index (χ2v) is 6.66. The number of methoxy groups -OCH3 is 1. The number of benzene rings is 2. The predicted octanol–water partition coefficient (Wildman–Crippen LogP) is 3.18. The van der Waals surface area contributed by atoms with Gasteiger partial charge in [-0.15, -0.1) is 0 Å². The molecule has 3 rings (SSSR count). The molecule has 0 spiro atoms. The number of nitrogens with zero attached hydrogens (tertiary/aromatic N) is 1. The van der Waals surface area contributed by atoms with Crippen molar-refractivity contribution in [2.75, 3.05) is 20.4 Å². The van der Waals surface area contributed by atoms with E-state index in [1.165, 1.54) is 7.11 Å². The number of ether oxygens (including phenoxy) is 3. The van der Waals surface area contributed by atoms with Crippen LogP contribution in [0.25, 0.3) is 0 Å². The molecule has 1 amide bonds. The highest BCUT2D eigenvalue weighted by Gasteiger charge is 2.24. The lowest BCUT2D eigenvalue weighted by atomic mass is 10.1. The van der Waals surface area contributed by atoms with Crippen LogP contribution < -0.4 is 9.47 Å². The minimum absolute atomic E-state index is 0.152. The SMILES string of the molecule is COC(=O)C(C)CN(Cc1ccc(C)cc1)C(=O)c1ccc2c(c1)OCO2. The fourth-order valence-electron chi connectivity index (χ4n) is 2.95. The van der Waals surface area contributed by atoms with Gasteiger partial charge >= 0.3 is 5.97 Å². The lowest BCUT2D eigenvalue weighted by molar-refractivity contribution is -0.145. The van der Waals surface area contributed by atoms with Crippen LogP contribution in [-0.2, 0) is 16.1 Å². The second kappa shape index (κ2) is 8.12. The Bertz CT molecular complexity index is 831. The van der Waals surface area contributed by atoms with E-state index in [2.05, 4.69) is 0 Å². The summed E-state index contributed by atoms with van der Waals surface area (Å²) >= 11 is 0. The normalized spacial score (nSPS) is 13.1. The smallest absolute Gasteiger partial charge is 0.310 e. The molecule has 0 aliphatic carbocycles. The molecule has 0 aromatic heterocycles. The third-order valence-electron chi connectivity index (χ3n) is 4.50. The van der Waals surface area contributed by atoms with Gasteiger partial charge in [0, 0.05) is 18.7 Å². The Labute approximate surface area is 158 Å². The summed E-state index contributed by atoms with van der Waals surface area (Å²) in [6, 6.07) is 13.1. The number of carbonyl (C=O) groups is 2. The molecule has 1 aliphatic rings. The number of esters is 1. The van der Waals surface area contributed by atoms with Gasteiger partial charge in [0.05, 0.1) is 13.0 Å². The average molecular weight is 369 g/mol. The van der Waals surface area contributed by atoms with Gasteiger partial charge in [-0.3, -0.25) is 9.59 Å². The molecule has 1 atom stereocenters. The van der Waals surface area contributed by atoms with Gasteiger partial charge in [0.25, 0.3) is 5.91 Å². The van der Waals surface area contributed by atoms with Gasteiger partial charge in [-0.1, -0.05) is 36.8 Å². The fourth-order valence-corrected chi connectivity index (χ4v) is 2.95. The highest BCUT2D eigenvalue weighted by molar-refractivity contribution is 5.95. The quantitative estimate of drug-likeness (QED) is 0.732. The Morgan fingerprint density at radius 2 is 1.81 bits per heavy atom. The molecule has 0 bridgehead atoms. The highest BCUT2D eigenvalue weighted by atomic mass is 16.7. The van der Waals surface area contributed by atoms with Gasteiger partial charge in [-0.05, 0) is 30.7 Å². The number of aryl methyl sites for hydroxylation is 1. The molecule has 6 heteroatoms. The van der Waals surface area contributed by atoms with Crippen molar-refractivity contribution in [1.82, 2.24) is 4.90 Å². The first-order valence-corrected chi connectivity index (χ1v) is 8.80. The standard InChI is InChI=1S/C21H23NO5/c1-14-4-6-16(7-5-14)12-22(11-15(2)21(24)25-3)20(23)17-8-9-18-19(10-17)27-13-26-18/h4-10,15H,11-13H2,1-3H3. The van der Waals surface area contributed by atoms with E-state index in [0.717, 1.165) is 11.1 Å². The van der Waals surface area contributed by atoms with Gasteiger partial charge in [-0.2, -0.15) is 0 Å². The maximum atomic E-state index is 13.1. The molecule has 142 valence electrons. The van der Waals surface area contributed by atoms with Crippen LogP contribution in [0.1, 0.15) is 28.4 Å². The molecule has 2 aromatic rings.